The zero-order valence-corrected chi connectivity index (χ0v) is 14.6. The number of carbonyl (C=O) groups is 1. The summed E-state index contributed by atoms with van der Waals surface area (Å²) in [6.07, 6.45) is 4.55. The van der Waals surface area contributed by atoms with E-state index in [1.165, 1.54) is 33.4 Å². The minimum absolute atomic E-state index is 0.122. The third-order valence-electron chi connectivity index (χ3n) is 4.09. The van der Waals surface area contributed by atoms with Gasteiger partial charge in [-0.1, -0.05) is 25.1 Å². The number of carbonyl (C=O) groups excluding carboxylic acids is 1. The van der Waals surface area contributed by atoms with Crippen LogP contribution in [0.2, 0.25) is 0 Å². The van der Waals surface area contributed by atoms with Crippen LogP contribution < -0.4 is 11.1 Å². The first-order chi connectivity index (χ1) is 11.7. The van der Waals surface area contributed by atoms with Crippen molar-refractivity contribution in [1.29, 1.82) is 0 Å². The van der Waals surface area contributed by atoms with E-state index in [9.17, 15) is 4.79 Å². The lowest BCUT2D eigenvalue weighted by Crippen LogP contribution is -2.26. The summed E-state index contributed by atoms with van der Waals surface area (Å²) in [6, 6.07) is 6.36. The number of nitrogens with two attached hydrogens (primary N) is 1. The zero-order chi connectivity index (χ0) is 16.9. The molecule has 4 N–H and O–H groups in total. The van der Waals surface area contributed by atoms with Gasteiger partial charge in [0.15, 0.2) is 0 Å². The number of para-hydroxylation sites is 1. The van der Waals surface area contributed by atoms with Crippen molar-refractivity contribution in [3.8, 4) is 0 Å². The Bertz CT molecular complexity index is 837. The molecule has 3 aromatic rings. The van der Waals surface area contributed by atoms with E-state index in [0.717, 1.165) is 17.8 Å². The molecule has 0 radical (unpaired) electrons. The van der Waals surface area contributed by atoms with Crippen LogP contribution in [0.5, 0.6) is 0 Å². The molecular weight excluding hydrogens is 320 g/mol. The van der Waals surface area contributed by atoms with Gasteiger partial charge in [0.2, 0.25) is 0 Å². The van der Waals surface area contributed by atoms with Crippen LogP contribution in [-0.2, 0) is 19.3 Å². The van der Waals surface area contributed by atoms with Crippen LogP contribution in [0, 0.1) is 0 Å². The first-order valence-corrected chi connectivity index (χ1v) is 9.11. The number of rotatable bonds is 7. The average Bonchev–Trinajstić information content (AvgIpc) is 3.22. The Kier molecular flexibility index (Phi) is 5.27. The highest BCUT2D eigenvalue weighted by molar-refractivity contribution is 7.09. The lowest BCUT2D eigenvalue weighted by molar-refractivity contribution is 0.0949. The summed E-state index contributed by atoms with van der Waals surface area (Å²) in [4.78, 5) is 19.8. The van der Waals surface area contributed by atoms with Crippen molar-refractivity contribution >= 4 is 28.1 Å². The third-order valence-corrected chi connectivity index (χ3v) is 5.00. The van der Waals surface area contributed by atoms with E-state index in [2.05, 4.69) is 40.4 Å². The molecule has 0 atom stereocenters. The number of nitrogens with zero attached hydrogens (tertiary/aromatic N) is 1. The van der Waals surface area contributed by atoms with E-state index in [0.29, 0.717) is 25.2 Å². The smallest absolute Gasteiger partial charge is 0.270 e. The van der Waals surface area contributed by atoms with Gasteiger partial charge in [-0.3, -0.25) is 4.79 Å². The highest BCUT2D eigenvalue weighted by Crippen LogP contribution is 2.22. The van der Waals surface area contributed by atoms with E-state index in [1.54, 1.807) is 5.38 Å². The summed E-state index contributed by atoms with van der Waals surface area (Å²) in [5.74, 6) is -0.122. The molecule has 0 spiro atoms. The molecule has 24 heavy (non-hydrogen) atoms. The minimum atomic E-state index is -0.122. The Hall–Kier alpha value is -2.18. The fourth-order valence-corrected chi connectivity index (χ4v) is 3.63. The molecule has 0 aliphatic carbocycles. The second kappa shape index (κ2) is 7.59. The molecule has 6 heteroatoms. The van der Waals surface area contributed by atoms with Crippen LogP contribution in [0.3, 0.4) is 0 Å². The predicted octanol–water partition coefficient (Wildman–Crippen LogP) is 2.66. The fourth-order valence-electron chi connectivity index (χ4n) is 2.83. The summed E-state index contributed by atoms with van der Waals surface area (Å²) >= 11 is 1.48. The number of aromatic nitrogens is 2. The second-order valence-electron chi connectivity index (χ2n) is 5.68. The molecule has 2 aromatic heterocycles. The third kappa shape index (κ3) is 3.49. The number of amides is 1. The Labute approximate surface area is 145 Å². The van der Waals surface area contributed by atoms with Crippen molar-refractivity contribution in [2.75, 3.05) is 13.1 Å². The largest absolute Gasteiger partial charge is 0.361 e. The molecule has 1 aromatic carbocycles. The van der Waals surface area contributed by atoms with Crippen LogP contribution in [0.1, 0.15) is 33.5 Å². The monoisotopic (exact) mass is 342 g/mol. The van der Waals surface area contributed by atoms with Crippen LogP contribution in [0.4, 0.5) is 0 Å². The van der Waals surface area contributed by atoms with Crippen molar-refractivity contribution in [3.63, 3.8) is 0 Å². The summed E-state index contributed by atoms with van der Waals surface area (Å²) < 4.78 is 0. The summed E-state index contributed by atoms with van der Waals surface area (Å²) in [6.45, 7) is 3.29. The average molecular weight is 342 g/mol. The number of benzene rings is 1. The number of H-pyrrole nitrogens is 1. The van der Waals surface area contributed by atoms with Gasteiger partial charge in [-0.25, -0.2) is 4.98 Å². The zero-order valence-electron chi connectivity index (χ0n) is 13.8. The van der Waals surface area contributed by atoms with Crippen LogP contribution in [-0.4, -0.2) is 29.0 Å². The Morgan fingerprint density at radius 3 is 3.00 bits per heavy atom. The lowest BCUT2D eigenvalue weighted by atomic mass is 10.1. The molecule has 0 bridgehead atoms. The van der Waals surface area contributed by atoms with Gasteiger partial charge in [-0.05, 0) is 30.5 Å². The van der Waals surface area contributed by atoms with E-state index in [-0.39, 0.29) is 5.91 Å². The van der Waals surface area contributed by atoms with Crippen molar-refractivity contribution in [2.45, 2.75) is 26.2 Å². The molecule has 3 rings (SSSR count). The summed E-state index contributed by atoms with van der Waals surface area (Å²) in [5, 5.41) is 6.88. The number of aromatic amines is 1. The highest BCUT2D eigenvalue weighted by atomic mass is 32.1. The standard InChI is InChI=1S/C18H22N4OS/c1-2-12-4-3-5-14-13(10-21-17(12)14)7-9-20-18(23)15-11-24-16(22-15)6-8-19/h3-5,10-11,21H,2,6-9,19H2,1H3,(H,20,23). The molecule has 2 heterocycles. The number of nitrogens with one attached hydrogen (secondary N) is 2. The van der Waals surface area contributed by atoms with Crippen molar-refractivity contribution in [1.82, 2.24) is 15.3 Å². The molecule has 0 unspecified atom stereocenters. The van der Waals surface area contributed by atoms with Gasteiger partial charge >= 0.3 is 0 Å². The molecular formula is C18H22N4OS. The van der Waals surface area contributed by atoms with Gasteiger partial charge in [0.25, 0.3) is 5.91 Å². The normalized spacial score (nSPS) is 11.1. The predicted molar refractivity (Wildman–Crippen MR) is 98.6 cm³/mol. The van der Waals surface area contributed by atoms with E-state index in [1.807, 2.05) is 6.20 Å². The highest BCUT2D eigenvalue weighted by Gasteiger charge is 2.11. The number of aryl methyl sites for hydroxylation is 1. The molecule has 0 saturated heterocycles. The number of hydrogen-bond donors (Lipinski definition) is 3. The summed E-state index contributed by atoms with van der Waals surface area (Å²) in [7, 11) is 0. The topological polar surface area (TPSA) is 83.8 Å². The molecule has 0 saturated carbocycles. The lowest BCUT2D eigenvalue weighted by Gasteiger charge is -2.04. The molecule has 0 fully saturated rings. The van der Waals surface area contributed by atoms with Crippen LogP contribution in [0.25, 0.3) is 10.9 Å². The van der Waals surface area contributed by atoms with Gasteiger partial charge in [0.05, 0.1) is 5.01 Å². The van der Waals surface area contributed by atoms with Crippen molar-refractivity contribution in [2.24, 2.45) is 5.73 Å². The first-order valence-electron chi connectivity index (χ1n) is 8.23. The number of fused-ring (bicyclic) bond motifs is 1. The van der Waals surface area contributed by atoms with E-state index >= 15 is 0 Å². The van der Waals surface area contributed by atoms with Crippen LogP contribution in [0.15, 0.2) is 29.8 Å². The number of thiazole rings is 1. The maximum Gasteiger partial charge on any atom is 0.270 e. The molecule has 5 nitrogen and oxygen atoms in total. The quantitative estimate of drug-likeness (QED) is 0.617. The second-order valence-corrected chi connectivity index (χ2v) is 6.62. The SMILES string of the molecule is CCc1cccc2c(CCNC(=O)c3csc(CCN)n3)c[nH]c12. The molecule has 0 aliphatic heterocycles. The number of hydrogen-bond acceptors (Lipinski definition) is 4. The molecule has 0 aliphatic rings. The first kappa shape index (κ1) is 16.7. The van der Waals surface area contributed by atoms with E-state index < -0.39 is 0 Å². The van der Waals surface area contributed by atoms with Gasteiger partial charge in [0, 0.05) is 35.4 Å². The van der Waals surface area contributed by atoms with Gasteiger partial charge in [-0.15, -0.1) is 11.3 Å². The Balaban J connectivity index is 1.61. The van der Waals surface area contributed by atoms with Gasteiger partial charge in [-0.2, -0.15) is 0 Å². The Morgan fingerprint density at radius 2 is 2.21 bits per heavy atom. The minimum Gasteiger partial charge on any atom is -0.361 e. The van der Waals surface area contributed by atoms with Crippen LogP contribution >= 0.6 is 11.3 Å². The van der Waals surface area contributed by atoms with Crippen molar-refractivity contribution in [3.05, 3.63) is 51.6 Å². The Morgan fingerprint density at radius 1 is 1.33 bits per heavy atom. The maximum absolute atomic E-state index is 12.1. The van der Waals surface area contributed by atoms with Gasteiger partial charge in [0.1, 0.15) is 5.69 Å². The maximum atomic E-state index is 12.1. The molecule has 1 amide bonds. The van der Waals surface area contributed by atoms with E-state index in [4.69, 9.17) is 5.73 Å². The molecule has 126 valence electrons. The van der Waals surface area contributed by atoms with Gasteiger partial charge < -0.3 is 16.0 Å². The van der Waals surface area contributed by atoms with Crippen molar-refractivity contribution < 1.29 is 4.79 Å². The fraction of sp³-hybridized carbons (Fsp3) is 0.333. The summed E-state index contributed by atoms with van der Waals surface area (Å²) in [5.41, 5.74) is 9.73.